The number of nitrogens with zero attached hydrogens (tertiary/aromatic N) is 3. The molecule has 0 radical (unpaired) electrons. The molecule has 4 rings (SSSR count). The van der Waals surface area contributed by atoms with Gasteiger partial charge in [0, 0.05) is 11.3 Å². The lowest BCUT2D eigenvalue weighted by molar-refractivity contribution is 0.102. The number of carbonyl (C=O) groups is 1. The summed E-state index contributed by atoms with van der Waals surface area (Å²) in [6, 6.07) is 22.1. The van der Waals surface area contributed by atoms with Crippen LogP contribution in [0, 0.1) is 0 Å². The maximum absolute atomic E-state index is 12.4. The van der Waals surface area contributed by atoms with E-state index in [1.165, 1.54) is 0 Å². The van der Waals surface area contributed by atoms with Gasteiger partial charge in [-0.3, -0.25) is 4.79 Å². The average Bonchev–Trinajstić information content (AvgIpc) is 3.12. The lowest BCUT2D eigenvalue weighted by Gasteiger charge is -2.06. The number of aromatic nitrogens is 3. The van der Waals surface area contributed by atoms with Gasteiger partial charge in [-0.15, -0.1) is 10.2 Å². The Morgan fingerprint density at radius 3 is 2.38 bits per heavy atom. The summed E-state index contributed by atoms with van der Waals surface area (Å²) in [5, 5.41) is 11.8. The molecule has 1 aromatic heterocycles. The van der Waals surface area contributed by atoms with Crippen molar-refractivity contribution >= 4 is 22.6 Å². The highest BCUT2D eigenvalue weighted by atomic mass is 16.5. The monoisotopic (exact) mass is 344 g/mol. The van der Waals surface area contributed by atoms with Crippen molar-refractivity contribution in [2.24, 2.45) is 0 Å². The molecule has 1 amide bonds. The SMILES string of the molecule is COc1ccc(C(=O)Nc2ccc3nn(-c4ccccc4)nc3c2)cc1. The number of ether oxygens (including phenoxy) is 1. The van der Waals surface area contributed by atoms with Gasteiger partial charge in [0.25, 0.3) is 5.91 Å². The summed E-state index contributed by atoms with van der Waals surface area (Å²) in [7, 11) is 1.59. The Kier molecular flexibility index (Phi) is 4.07. The van der Waals surface area contributed by atoms with Gasteiger partial charge in [0.15, 0.2) is 0 Å². The van der Waals surface area contributed by atoms with E-state index in [2.05, 4.69) is 15.5 Å². The fourth-order valence-corrected chi connectivity index (χ4v) is 2.61. The van der Waals surface area contributed by atoms with Crippen molar-refractivity contribution in [3.8, 4) is 11.4 Å². The van der Waals surface area contributed by atoms with E-state index in [-0.39, 0.29) is 5.91 Å². The van der Waals surface area contributed by atoms with E-state index in [9.17, 15) is 4.79 Å². The lowest BCUT2D eigenvalue weighted by Crippen LogP contribution is -2.11. The molecule has 0 aliphatic rings. The maximum Gasteiger partial charge on any atom is 0.255 e. The number of fused-ring (bicyclic) bond motifs is 1. The van der Waals surface area contributed by atoms with Gasteiger partial charge in [-0.2, -0.15) is 4.80 Å². The molecule has 0 saturated carbocycles. The Bertz CT molecular complexity index is 1060. The first-order chi connectivity index (χ1) is 12.7. The second-order valence-corrected chi connectivity index (χ2v) is 5.71. The van der Waals surface area contributed by atoms with Gasteiger partial charge in [0.2, 0.25) is 0 Å². The molecule has 3 aromatic carbocycles. The largest absolute Gasteiger partial charge is 0.497 e. The Morgan fingerprint density at radius 2 is 1.65 bits per heavy atom. The molecule has 0 fully saturated rings. The number of amides is 1. The van der Waals surface area contributed by atoms with Crippen molar-refractivity contribution in [2.75, 3.05) is 12.4 Å². The van der Waals surface area contributed by atoms with Gasteiger partial charge in [0.05, 0.1) is 12.8 Å². The van der Waals surface area contributed by atoms with Gasteiger partial charge in [-0.1, -0.05) is 18.2 Å². The van der Waals surface area contributed by atoms with E-state index >= 15 is 0 Å². The molecule has 0 atom stereocenters. The van der Waals surface area contributed by atoms with E-state index < -0.39 is 0 Å². The second kappa shape index (κ2) is 6.68. The first-order valence-corrected chi connectivity index (χ1v) is 8.11. The fourth-order valence-electron chi connectivity index (χ4n) is 2.61. The summed E-state index contributed by atoms with van der Waals surface area (Å²) in [5.41, 5.74) is 3.57. The molecule has 0 aliphatic heterocycles. The number of para-hydroxylation sites is 1. The summed E-state index contributed by atoms with van der Waals surface area (Å²) < 4.78 is 5.10. The molecular weight excluding hydrogens is 328 g/mol. The predicted molar refractivity (Wildman–Crippen MR) is 99.8 cm³/mol. The topological polar surface area (TPSA) is 69.0 Å². The molecule has 1 N–H and O–H groups in total. The number of benzene rings is 3. The van der Waals surface area contributed by atoms with Crippen LogP contribution in [0.25, 0.3) is 16.7 Å². The average molecular weight is 344 g/mol. The Balaban J connectivity index is 1.58. The Hall–Kier alpha value is -3.67. The van der Waals surface area contributed by atoms with Crippen LogP contribution >= 0.6 is 0 Å². The fraction of sp³-hybridized carbons (Fsp3) is 0.0500. The van der Waals surface area contributed by atoms with Crippen LogP contribution in [0.4, 0.5) is 5.69 Å². The minimum Gasteiger partial charge on any atom is -0.497 e. The van der Waals surface area contributed by atoms with E-state index in [0.717, 1.165) is 11.2 Å². The van der Waals surface area contributed by atoms with Gasteiger partial charge >= 0.3 is 0 Å². The molecule has 128 valence electrons. The quantitative estimate of drug-likeness (QED) is 0.613. The highest BCUT2D eigenvalue weighted by molar-refractivity contribution is 6.05. The van der Waals surface area contributed by atoms with E-state index in [1.54, 1.807) is 36.2 Å². The number of anilines is 1. The van der Waals surface area contributed by atoms with Crippen LogP contribution < -0.4 is 10.1 Å². The number of methoxy groups -OCH3 is 1. The number of nitrogens with one attached hydrogen (secondary N) is 1. The summed E-state index contributed by atoms with van der Waals surface area (Å²) in [5.74, 6) is 0.517. The van der Waals surface area contributed by atoms with Crippen LogP contribution in [-0.4, -0.2) is 28.0 Å². The second-order valence-electron chi connectivity index (χ2n) is 5.71. The zero-order valence-corrected chi connectivity index (χ0v) is 14.1. The molecule has 1 heterocycles. The van der Waals surface area contributed by atoms with Crippen molar-refractivity contribution in [2.45, 2.75) is 0 Å². The van der Waals surface area contributed by atoms with Crippen LogP contribution in [0.2, 0.25) is 0 Å². The van der Waals surface area contributed by atoms with Gasteiger partial charge in [-0.05, 0) is 54.6 Å². The van der Waals surface area contributed by atoms with Crippen molar-refractivity contribution in [1.29, 1.82) is 0 Å². The number of carbonyl (C=O) groups excluding carboxylic acids is 1. The van der Waals surface area contributed by atoms with Crippen molar-refractivity contribution in [3.05, 3.63) is 78.4 Å². The molecule has 4 aromatic rings. The molecule has 0 saturated heterocycles. The summed E-state index contributed by atoms with van der Waals surface area (Å²) in [4.78, 5) is 14.0. The van der Waals surface area contributed by atoms with Gasteiger partial charge in [-0.25, -0.2) is 0 Å². The highest BCUT2D eigenvalue weighted by Gasteiger charge is 2.09. The van der Waals surface area contributed by atoms with E-state index in [4.69, 9.17) is 4.74 Å². The third-order valence-electron chi connectivity index (χ3n) is 3.98. The maximum atomic E-state index is 12.4. The summed E-state index contributed by atoms with van der Waals surface area (Å²) in [6.45, 7) is 0. The summed E-state index contributed by atoms with van der Waals surface area (Å²) in [6.07, 6.45) is 0. The van der Waals surface area contributed by atoms with Crippen LogP contribution in [-0.2, 0) is 0 Å². The minimum atomic E-state index is -0.192. The third-order valence-corrected chi connectivity index (χ3v) is 3.98. The number of rotatable bonds is 4. The third kappa shape index (κ3) is 3.12. The minimum absolute atomic E-state index is 0.192. The molecule has 0 aliphatic carbocycles. The van der Waals surface area contributed by atoms with Crippen LogP contribution in [0.5, 0.6) is 5.75 Å². The highest BCUT2D eigenvalue weighted by Crippen LogP contribution is 2.19. The van der Waals surface area contributed by atoms with Crippen molar-refractivity contribution < 1.29 is 9.53 Å². The molecule has 6 heteroatoms. The van der Waals surface area contributed by atoms with Gasteiger partial charge in [0.1, 0.15) is 16.8 Å². The van der Waals surface area contributed by atoms with Crippen molar-refractivity contribution in [1.82, 2.24) is 15.0 Å². The predicted octanol–water partition coefficient (Wildman–Crippen LogP) is 3.68. The zero-order valence-electron chi connectivity index (χ0n) is 14.1. The normalized spacial score (nSPS) is 10.7. The molecule has 0 bridgehead atoms. The zero-order chi connectivity index (χ0) is 17.9. The Labute approximate surface area is 150 Å². The standard InChI is InChI=1S/C20H16N4O2/c1-26-17-10-7-14(8-11-17)20(25)21-15-9-12-18-19(13-15)23-24(22-18)16-5-3-2-4-6-16/h2-13H,1H3,(H,21,25). The van der Waals surface area contributed by atoms with E-state index in [1.807, 2.05) is 48.5 Å². The number of hydrogen-bond donors (Lipinski definition) is 1. The molecule has 26 heavy (non-hydrogen) atoms. The summed E-state index contributed by atoms with van der Waals surface area (Å²) >= 11 is 0. The van der Waals surface area contributed by atoms with E-state index in [0.29, 0.717) is 22.5 Å². The first kappa shape index (κ1) is 15.8. The van der Waals surface area contributed by atoms with Crippen LogP contribution in [0.1, 0.15) is 10.4 Å². The molecule has 0 spiro atoms. The molecular formula is C20H16N4O2. The molecule has 6 nitrogen and oxygen atoms in total. The smallest absolute Gasteiger partial charge is 0.255 e. The van der Waals surface area contributed by atoms with Crippen LogP contribution in [0.3, 0.4) is 0 Å². The Morgan fingerprint density at radius 1 is 0.923 bits per heavy atom. The van der Waals surface area contributed by atoms with Crippen LogP contribution in [0.15, 0.2) is 72.8 Å². The number of hydrogen-bond acceptors (Lipinski definition) is 4. The van der Waals surface area contributed by atoms with Crippen molar-refractivity contribution in [3.63, 3.8) is 0 Å². The molecule has 0 unspecified atom stereocenters. The van der Waals surface area contributed by atoms with Gasteiger partial charge < -0.3 is 10.1 Å². The first-order valence-electron chi connectivity index (χ1n) is 8.11. The lowest BCUT2D eigenvalue weighted by atomic mass is 10.2.